The van der Waals surface area contributed by atoms with E-state index in [0.29, 0.717) is 0 Å². The van der Waals surface area contributed by atoms with Crippen LogP contribution in [0.3, 0.4) is 0 Å². The number of nitrogens with one attached hydrogen (secondary N) is 1. The summed E-state index contributed by atoms with van der Waals surface area (Å²) in [5.74, 6) is 3.70. The van der Waals surface area contributed by atoms with E-state index in [2.05, 4.69) is 24.1 Å². The Morgan fingerprint density at radius 3 is 2.22 bits per heavy atom. The van der Waals surface area contributed by atoms with E-state index in [-0.39, 0.29) is 0 Å². The second kappa shape index (κ2) is 8.85. The number of hydrogen-bond donors (Lipinski definition) is 1. The fraction of sp³-hybridized carbons (Fsp3) is 1.00. The van der Waals surface area contributed by atoms with E-state index in [4.69, 9.17) is 0 Å². The molecule has 0 spiro atoms. The number of nitrogens with zero attached hydrogens (tertiary/aromatic N) is 1. The second-order valence-corrected chi connectivity index (χ2v) is 9.22. The van der Waals surface area contributed by atoms with Crippen molar-refractivity contribution >= 4 is 0 Å². The predicted octanol–water partition coefficient (Wildman–Crippen LogP) is 4.69. The van der Waals surface area contributed by atoms with Gasteiger partial charge in [0.1, 0.15) is 0 Å². The number of likely N-dealkylation sites (tertiary alicyclic amines) is 1. The normalized spacial score (nSPS) is 32.0. The molecule has 0 aromatic rings. The lowest BCUT2D eigenvalue weighted by atomic mass is 9.84. The molecule has 2 saturated carbocycles. The summed E-state index contributed by atoms with van der Waals surface area (Å²) in [6, 6.07) is 0.750. The van der Waals surface area contributed by atoms with Crippen molar-refractivity contribution in [2.24, 2.45) is 23.7 Å². The van der Waals surface area contributed by atoms with E-state index in [1.54, 1.807) is 0 Å². The highest BCUT2D eigenvalue weighted by atomic mass is 15.2. The van der Waals surface area contributed by atoms with Crippen molar-refractivity contribution in [3.63, 3.8) is 0 Å². The van der Waals surface area contributed by atoms with E-state index in [0.717, 1.165) is 29.7 Å². The zero-order valence-electron chi connectivity index (χ0n) is 15.7. The molecular formula is C21H40N2. The van der Waals surface area contributed by atoms with E-state index < -0.39 is 0 Å². The zero-order valence-corrected chi connectivity index (χ0v) is 15.7. The lowest BCUT2D eigenvalue weighted by Gasteiger charge is -2.41. The van der Waals surface area contributed by atoms with E-state index >= 15 is 0 Å². The zero-order chi connectivity index (χ0) is 16.1. The topological polar surface area (TPSA) is 15.3 Å². The highest BCUT2D eigenvalue weighted by molar-refractivity contribution is 4.87. The summed E-state index contributed by atoms with van der Waals surface area (Å²) in [6.45, 7) is 10.2. The van der Waals surface area contributed by atoms with Crippen molar-refractivity contribution in [2.45, 2.75) is 84.1 Å². The molecule has 2 unspecified atom stereocenters. The van der Waals surface area contributed by atoms with Crippen molar-refractivity contribution in [1.82, 2.24) is 10.2 Å². The van der Waals surface area contributed by atoms with Gasteiger partial charge in [0.15, 0.2) is 0 Å². The highest BCUT2D eigenvalue weighted by Gasteiger charge is 2.31. The average Bonchev–Trinajstić information content (AvgIpc) is 3.06. The third-order valence-corrected chi connectivity index (χ3v) is 6.91. The average molecular weight is 321 g/mol. The largest absolute Gasteiger partial charge is 0.312 e. The predicted molar refractivity (Wildman–Crippen MR) is 99.7 cm³/mol. The van der Waals surface area contributed by atoms with Gasteiger partial charge < -0.3 is 10.2 Å². The minimum Gasteiger partial charge on any atom is -0.312 e. The first-order valence-corrected chi connectivity index (χ1v) is 10.7. The van der Waals surface area contributed by atoms with Gasteiger partial charge >= 0.3 is 0 Å². The van der Waals surface area contributed by atoms with Gasteiger partial charge in [0.2, 0.25) is 0 Å². The van der Waals surface area contributed by atoms with Crippen molar-refractivity contribution in [3.8, 4) is 0 Å². The SMILES string of the molecule is CC(C)C1CC(NCC2CCCCC2)CN(CC2CCCC2)C1. The molecule has 0 bridgehead atoms. The van der Waals surface area contributed by atoms with Crippen LogP contribution in [-0.2, 0) is 0 Å². The molecule has 1 heterocycles. The Bertz CT molecular complexity index is 327. The summed E-state index contributed by atoms with van der Waals surface area (Å²) in [5, 5.41) is 3.99. The van der Waals surface area contributed by atoms with Crippen LogP contribution in [0.15, 0.2) is 0 Å². The van der Waals surface area contributed by atoms with Crippen LogP contribution in [0.2, 0.25) is 0 Å². The Balaban J connectivity index is 1.48. The third-order valence-electron chi connectivity index (χ3n) is 6.91. The maximum atomic E-state index is 3.99. The van der Waals surface area contributed by atoms with Gasteiger partial charge in [-0.2, -0.15) is 0 Å². The van der Waals surface area contributed by atoms with Crippen LogP contribution >= 0.6 is 0 Å². The van der Waals surface area contributed by atoms with Gasteiger partial charge in [-0.15, -0.1) is 0 Å². The standard InChI is InChI=1S/C21H40N2/c1-17(2)20-12-21(22-13-18-8-4-3-5-9-18)16-23(15-20)14-19-10-6-7-11-19/h17-22H,3-16H2,1-2H3. The molecular weight excluding hydrogens is 280 g/mol. The quantitative estimate of drug-likeness (QED) is 0.763. The first-order valence-electron chi connectivity index (χ1n) is 10.7. The van der Waals surface area contributed by atoms with Crippen LogP contribution in [0.4, 0.5) is 0 Å². The molecule has 2 atom stereocenters. The monoisotopic (exact) mass is 320 g/mol. The minimum atomic E-state index is 0.750. The van der Waals surface area contributed by atoms with Gasteiger partial charge in [-0.1, -0.05) is 46.0 Å². The van der Waals surface area contributed by atoms with Crippen molar-refractivity contribution in [2.75, 3.05) is 26.2 Å². The van der Waals surface area contributed by atoms with Gasteiger partial charge in [-0.25, -0.2) is 0 Å². The molecule has 3 rings (SSSR count). The molecule has 1 aliphatic heterocycles. The minimum absolute atomic E-state index is 0.750. The lowest BCUT2D eigenvalue weighted by molar-refractivity contribution is 0.0986. The third kappa shape index (κ3) is 5.46. The van der Waals surface area contributed by atoms with Gasteiger partial charge in [-0.05, 0) is 62.3 Å². The summed E-state index contributed by atoms with van der Waals surface area (Å²) in [7, 11) is 0. The van der Waals surface area contributed by atoms with Crippen LogP contribution < -0.4 is 5.32 Å². The summed E-state index contributed by atoms with van der Waals surface area (Å²) in [5.41, 5.74) is 0. The summed E-state index contributed by atoms with van der Waals surface area (Å²) in [4.78, 5) is 2.82. The first kappa shape index (κ1) is 17.7. The van der Waals surface area contributed by atoms with Gasteiger partial charge in [0.25, 0.3) is 0 Å². The van der Waals surface area contributed by atoms with E-state index in [1.165, 1.54) is 90.4 Å². The Morgan fingerprint density at radius 2 is 1.52 bits per heavy atom. The highest BCUT2D eigenvalue weighted by Crippen LogP contribution is 2.30. The number of piperidine rings is 1. The first-order chi connectivity index (χ1) is 11.2. The Labute approximate surface area is 144 Å². The lowest BCUT2D eigenvalue weighted by Crippen LogP contribution is -2.52. The fourth-order valence-electron chi connectivity index (χ4n) is 5.29. The van der Waals surface area contributed by atoms with Crippen LogP contribution in [0.5, 0.6) is 0 Å². The van der Waals surface area contributed by atoms with Gasteiger partial charge in [-0.3, -0.25) is 0 Å². The second-order valence-electron chi connectivity index (χ2n) is 9.22. The van der Waals surface area contributed by atoms with Crippen LogP contribution in [0, 0.1) is 23.7 Å². The molecule has 2 nitrogen and oxygen atoms in total. The maximum Gasteiger partial charge on any atom is 0.0198 e. The Kier molecular flexibility index (Phi) is 6.83. The molecule has 2 heteroatoms. The van der Waals surface area contributed by atoms with Gasteiger partial charge in [0, 0.05) is 25.7 Å². The fourth-order valence-corrected chi connectivity index (χ4v) is 5.29. The maximum absolute atomic E-state index is 3.99. The van der Waals surface area contributed by atoms with Crippen molar-refractivity contribution in [3.05, 3.63) is 0 Å². The summed E-state index contributed by atoms with van der Waals surface area (Å²) < 4.78 is 0. The molecule has 0 amide bonds. The van der Waals surface area contributed by atoms with Crippen molar-refractivity contribution in [1.29, 1.82) is 0 Å². The molecule has 3 fully saturated rings. The molecule has 3 aliphatic rings. The van der Waals surface area contributed by atoms with Crippen LogP contribution in [0.1, 0.15) is 78.1 Å². The van der Waals surface area contributed by atoms with Gasteiger partial charge in [0.05, 0.1) is 0 Å². The van der Waals surface area contributed by atoms with Crippen molar-refractivity contribution < 1.29 is 0 Å². The Morgan fingerprint density at radius 1 is 0.870 bits per heavy atom. The molecule has 0 aromatic carbocycles. The number of hydrogen-bond acceptors (Lipinski definition) is 2. The Hall–Kier alpha value is -0.0800. The molecule has 0 radical (unpaired) electrons. The summed E-state index contributed by atoms with van der Waals surface area (Å²) in [6.07, 6.45) is 14.7. The van der Waals surface area contributed by atoms with E-state index in [9.17, 15) is 0 Å². The molecule has 23 heavy (non-hydrogen) atoms. The van der Waals surface area contributed by atoms with Crippen LogP contribution in [0.25, 0.3) is 0 Å². The smallest absolute Gasteiger partial charge is 0.0198 e. The number of rotatable bonds is 6. The molecule has 134 valence electrons. The molecule has 0 aromatic heterocycles. The van der Waals surface area contributed by atoms with Crippen LogP contribution in [-0.4, -0.2) is 37.1 Å². The molecule has 1 saturated heterocycles. The molecule has 1 N–H and O–H groups in total. The summed E-state index contributed by atoms with van der Waals surface area (Å²) >= 11 is 0. The molecule has 2 aliphatic carbocycles. The van der Waals surface area contributed by atoms with E-state index in [1.807, 2.05) is 0 Å².